The highest BCUT2D eigenvalue weighted by atomic mass is 16.5. The molecule has 88 valence electrons. The van der Waals surface area contributed by atoms with Crippen LogP contribution in [0.1, 0.15) is 23.7 Å². The summed E-state index contributed by atoms with van der Waals surface area (Å²) in [4.78, 5) is 10.6. The summed E-state index contributed by atoms with van der Waals surface area (Å²) in [6, 6.07) is 6.42. The van der Waals surface area contributed by atoms with Gasteiger partial charge in [0.25, 0.3) is 0 Å². The molecule has 1 aromatic carbocycles. The summed E-state index contributed by atoms with van der Waals surface area (Å²) < 4.78 is 5.43. The van der Waals surface area contributed by atoms with Gasteiger partial charge in [0.05, 0.1) is 5.56 Å². The van der Waals surface area contributed by atoms with Crippen molar-refractivity contribution in [2.45, 2.75) is 13.3 Å². The van der Waals surface area contributed by atoms with Crippen LogP contribution in [-0.4, -0.2) is 30.8 Å². The molecule has 0 bridgehead atoms. The maximum atomic E-state index is 10.6. The molecule has 0 saturated heterocycles. The first kappa shape index (κ1) is 12.5. The Morgan fingerprint density at radius 2 is 2.00 bits per heavy atom. The van der Waals surface area contributed by atoms with E-state index in [1.54, 1.807) is 12.1 Å². The SMILES string of the molecule is CCCNCCOc1ccc(C(=O)O)cc1. The minimum atomic E-state index is -0.920. The average molecular weight is 223 g/mol. The van der Waals surface area contributed by atoms with E-state index in [1.807, 2.05) is 0 Å². The topological polar surface area (TPSA) is 58.6 Å². The van der Waals surface area contributed by atoms with Gasteiger partial charge in [-0.3, -0.25) is 0 Å². The smallest absolute Gasteiger partial charge is 0.335 e. The normalized spacial score (nSPS) is 10.1. The molecule has 1 rings (SSSR count). The fourth-order valence-electron chi connectivity index (χ4n) is 1.24. The molecule has 16 heavy (non-hydrogen) atoms. The van der Waals surface area contributed by atoms with Crippen molar-refractivity contribution in [3.05, 3.63) is 29.8 Å². The quantitative estimate of drug-likeness (QED) is 0.691. The Balaban J connectivity index is 2.29. The van der Waals surface area contributed by atoms with Crippen LogP contribution >= 0.6 is 0 Å². The van der Waals surface area contributed by atoms with Gasteiger partial charge in [0, 0.05) is 6.54 Å². The van der Waals surface area contributed by atoms with Crippen LogP contribution in [0.5, 0.6) is 5.75 Å². The zero-order valence-corrected chi connectivity index (χ0v) is 9.40. The van der Waals surface area contributed by atoms with Gasteiger partial charge in [0.1, 0.15) is 12.4 Å². The second-order valence-corrected chi connectivity index (χ2v) is 3.43. The lowest BCUT2D eigenvalue weighted by Gasteiger charge is -2.06. The third kappa shape index (κ3) is 4.31. The molecule has 0 unspecified atom stereocenters. The molecule has 0 amide bonds. The zero-order valence-electron chi connectivity index (χ0n) is 9.40. The Kier molecular flexibility index (Phi) is 5.36. The van der Waals surface area contributed by atoms with Crippen LogP contribution in [-0.2, 0) is 0 Å². The van der Waals surface area contributed by atoms with Crippen LogP contribution in [0.4, 0.5) is 0 Å². The summed E-state index contributed by atoms with van der Waals surface area (Å²) in [7, 11) is 0. The van der Waals surface area contributed by atoms with Gasteiger partial charge in [0.2, 0.25) is 0 Å². The number of carbonyl (C=O) groups is 1. The molecule has 0 spiro atoms. The molecule has 2 N–H and O–H groups in total. The standard InChI is InChI=1S/C12H17NO3/c1-2-7-13-8-9-16-11-5-3-10(4-6-11)12(14)15/h3-6,13H,2,7-9H2,1H3,(H,14,15). The fraction of sp³-hybridized carbons (Fsp3) is 0.417. The second kappa shape index (κ2) is 6.85. The lowest BCUT2D eigenvalue weighted by atomic mass is 10.2. The third-order valence-electron chi connectivity index (χ3n) is 2.08. The molecule has 0 atom stereocenters. The van der Waals surface area contributed by atoms with E-state index in [4.69, 9.17) is 9.84 Å². The van der Waals surface area contributed by atoms with Crippen molar-refractivity contribution in [2.24, 2.45) is 0 Å². The van der Waals surface area contributed by atoms with E-state index < -0.39 is 5.97 Å². The minimum Gasteiger partial charge on any atom is -0.492 e. The molecular weight excluding hydrogens is 206 g/mol. The van der Waals surface area contributed by atoms with Crippen LogP contribution in [0.3, 0.4) is 0 Å². The van der Waals surface area contributed by atoms with Gasteiger partial charge in [-0.2, -0.15) is 0 Å². The number of carboxylic acid groups (broad SMARTS) is 1. The van der Waals surface area contributed by atoms with E-state index in [-0.39, 0.29) is 5.56 Å². The largest absolute Gasteiger partial charge is 0.492 e. The van der Waals surface area contributed by atoms with Crippen LogP contribution in [0.25, 0.3) is 0 Å². The van der Waals surface area contributed by atoms with E-state index in [2.05, 4.69) is 12.2 Å². The number of aromatic carboxylic acids is 1. The number of hydrogen-bond acceptors (Lipinski definition) is 3. The second-order valence-electron chi connectivity index (χ2n) is 3.43. The van der Waals surface area contributed by atoms with Gasteiger partial charge in [-0.1, -0.05) is 6.92 Å². The van der Waals surface area contributed by atoms with Gasteiger partial charge in [-0.15, -0.1) is 0 Å². The molecule has 1 aromatic rings. The number of hydrogen-bond donors (Lipinski definition) is 2. The van der Waals surface area contributed by atoms with E-state index >= 15 is 0 Å². The Bertz CT molecular complexity index is 322. The monoisotopic (exact) mass is 223 g/mol. The van der Waals surface area contributed by atoms with Crippen LogP contribution in [0.15, 0.2) is 24.3 Å². The molecule has 0 radical (unpaired) electrons. The van der Waals surface area contributed by atoms with Crippen LogP contribution in [0.2, 0.25) is 0 Å². The highest BCUT2D eigenvalue weighted by molar-refractivity contribution is 5.87. The highest BCUT2D eigenvalue weighted by Crippen LogP contribution is 2.11. The van der Waals surface area contributed by atoms with Gasteiger partial charge in [-0.25, -0.2) is 4.79 Å². The Morgan fingerprint density at radius 3 is 2.56 bits per heavy atom. The molecule has 0 aliphatic carbocycles. The molecule has 0 aliphatic rings. The highest BCUT2D eigenvalue weighted by Gasteiger charge is 2.01. The van der Waals surface area contributed by atoms with Crippen molar-refractivity contribution >= 4 is 5.97 Å². The summed E-state index contributed by atoms with van der Waals surface area (Å²) in [5.74, 6) is -0.223. The van der Waals surface area contributed by atoms with E-state index in [9.17, 15) is 4.79 Å². The maximum absolute atomic E-state index is 10.6. The molecule has 4 heteroatoms. The maximum Gasteiger partial charge on any atom is 0.335 e. The first-order chi connectivity index (χ1) is 7.74. The summed E-state index contributed by atoms with van der Waals surface area (Å²) >= 11 is 0. The lowest BCUT2D eigenvalue weighted by molar-refractivity contribution is 0.0697. The van der Waals surface area contributed by atoms with Crippen molar-refractivity contribution in [3.63, 3.8) is 0 Å². The molecule has 0 fully saturated rings. The van der Waals surface area contributed by atoms with Gasteiger partial charge in [-0.05, 0) is 37.2 Å². The van der Waals surface area contributed by atoms with Gasteiger partial charge < -0.3 is 15.2 Å². The van der Waals surface area contributed by atoms with E-state index in [0.29, 0.717) is 12.4 Å². The zero-order chi connectivity index (χ0) is 11.8. The molecule has 0 aliphatic heterocycles. The van der Waals surface area contributed by atoms with Crippen molar-refractivity contribution in [3.8, 4) is 5.75 Å². The number of nitrogens with one attached hydrogen (secondary N) is 1. The first-order valence-electron chi connectivity index (χ1n) is 5.41. The summed E-state index contributed by atoms with van der Waals surface area (Å²) in [6.45, 7) is 4.49. The minimum absolute atomic E-state index is 0.274. The summed E-state index contributed by atoms with van der Waals surface area (Å²) in [5, 5.41) is 11.9. The van der Waals surface area contributed by atoms with E-state index in [1.165, 1.54) is 12.1 Å². The van der Waals surface area contributed by atoms with Crippen molar-refractivity contribution in [1.82, 2.24) is 5.32 Å². The third-order valence-corrected chi connectivity index (χ3v) is 2.08. The summed E-state index contributed by atoms with van der Waals surface area (Å²) in [5.41, 5.74) is 0.274. The Labute approximate surface area is 95.2 Å². The molecular formula is C12H17NO3. The van der Waals surface area contributed by atoms with Crippen LogP contribution in [0, 0.1) is 0 Å². The van der Waals surface area contributed by atoms with Crippen molar-refractivity contribution in [2.75, 3.05) is 19.7 Å². The molecule has 0 heterocycles. The Hall–Kier alpha value is -1.55. The lowest BCUT2D eigenvalue weighted by Crippen LogP contribution is -2.21. The first-order valence-corrected chi connectivity index (χ1v) is 5.41. The molecule has 0 aromatic heterocycles. The summed E-state index contributed by atoms with van der Waals surface area (Å²) in [6.07, 6.45) is 1.10. The van der Waals surface area contributed by atoms with Crippen molar-refractivity contribution < 1.29 is 14.6 Å². The average Bonchev–Trinajstić information content (AvgIpc) is 2.29. The van der Waals surface area contributed by atoms with Gasteiger partial charge >= 0.3 is 5.97 Å². The number of rotatable bonds is 7. The predicted octanol–water partition coefficient (Wildman–Crippen LogP) is 1.76. The number of ether oxygens (including phenoxy) is 1. The van der Waals surface area contributed by atoms with Gasteiger partial charge in [0.15, 0.2) is 0 Å². The molecule has 4 nitrogen and oxygen atoms in total. The number of benzene rings is 1. The van der Waals surface area contributed by atoms with Crippen LogP contribution < -0.4 is 10.1 Å². The fourth-order valence-corrected chi connectivity index (χ4v) is 1.24. The van der Waals surface area contributed by atoms with E-state index in [0.717, 1.165) is 19.5 Å². The predicted molar refractivity (Wildman–Crippen MR) is 62.1 cm³/mol. The van der Waals surface area contributed by atoms with Crippen molar-refractivity contribution in [1.29, 1.82) is 0 Å². The Morgan fingerprint density at radius 1 is 1.31 bits per heavy atom. The molecule has 0 saturated carbocycles. The number of carboxylic acids is 1.